The smallest absolute Gasteiger partial charge is 0.226 e. The van der Waals surface area contributed by atoms with Crippen LogP contribution in [0.5, 0.6) is 5.75 Å². The number of carbonyl (C=O) groups excluding carboxylic acids is 2. The molecule has 1 aromatic rings. The van der Waals surface area contributed by atoms with Crippen molar-refractivity contribution in [2.75, 3.05) is 38.2 Å². The third-order valence-corrected chi connectivity index (χ3v) is 6.79. The van der Waals surface area contributed by atoms with Gasteiger partial charge in [0.05, 0.1) is 7.11 Å². The minimum absolute atomic E-state index is 0.0314. The van der Waals surface area contributed by atoms with Crippen molar-refractivity contribution in [3.63, 3.8) is 0 Å². The minimum atomic E-state index is -1.03. The quantitative estimate of drug-likeness (QED) is 0.794. The van der Waals surface area contributed by atoms with E-state index in [2.05, 4.69) is 4.90 Å². The molecule has 4 aliphatic rings. The predicted molar refractivity (Wildman–Crippen MR) is 99.2 cm³/mol. The largest absolute Gasteiger partial charge is 0.550 e. The van der Waals surface area contributed by atoms with Crippen LogP contribution in [0.3, 0.4) is 0 Å². The van der Waals surface area contributed by atoms with Crippen molar-refractivity contribution in [1.82, 2.24) is 4.90 Å². The highest BCUT2D eigenvalue weighted by Gasteiger charge is 2.48. The number of hydrogen-bond acceptors (Lipinski definition) is 5. The fourth-order valence-corrected chi connectivity index (χ4v) is 5.35. The molecule has 1 aromatic carbocycles. The zero-order valence-electron chi connectivity index (χ0n) is 15.8. The number of carboxylic acids is 1. The number of hydrogen-bond donors (Lipinski definition) is 0. The van der Waals surface area contributed by atoms with Crippen LogP contribution >= 0.6 is 0 Å². The number of ether oxygens (including phenoxy) is 1. The molecule has 0 aromatic heterocycles. The fourth-order valence-electron chi connectivity index (χ4n) is 5.35. The summed E-state index contributed by atoms with van der Waals surface area (Å²) in [4.78, 5) is 29.1. The molecule has 27 heavy (non-hydrogen) atoms. The number of rotatable bonds is 4. The fraction of sp³-hybridized carbons (Fsp3) is 0.619. The van der Waals surface area contributed by atoms with Gasteiger partial charge in [-0.15, -0.1) is 0 Å². The van der Waals surface area contributed by atoms with Gasteiger partial charge in [-0.25, -0.2) is 0 Å². The molecule has 0 unspecified atom stereocenters. The zero-order chi connectivity index (χ0) is 19.0. The monoisotopic (exact) mass is 371 g/mol. The Hall–Kier alpha value is -2.24. The van der Waals surface area contributed by atoms with E-state index in [0.717, 1.165) is 50.2 Å². The molecule has 3 aliphatic carbocycles. The normalized spacial score (nSPS) is 30.3. The van der Waals surface area contributed by atoms with Gasteiger partial charge in [0.2, 0.25) is 5.91 Å². The highest BCUT2D eigenvalue weighted by atomic mass is 16.5. The SMILES string of the molecule is COc1cccc(N2CCN(C(=O)[C@@H]3C4CCC(CC4)[C@H]3C(=O)[O-])CC2)c1. The van der Waals surface area contributed by atoms with Crippen molar-refractivity contribution >= 4 is 17.6 Å². The van der Waals surface area contributed by atoms with E-state index in [1.165, 1.54) is 0 Å². The van der Waals surface area contributed by atoms with Gasteiger partial charge >= 0.3 is 0 Å². The summed E-state index contributed by atoms with van der Waals surface area (Å²) in [6, 6.07) is 7.94. The molecule has 0 N–H and O–H groups in total. The summed E-state index contributed by atoms with van der Waals surface area (Å²) in [5.41, 5.74) is 1.09. The molecule has 3 saturated carbocycles. The van der Waals surface area contributed by atoms with Crippen LogP contribution in [0, 0.1) is 23.7 Å². The van der Waals surface area contributed by atoms with Crippen LogP contribution in [0.1, 0.15) is 25.7 Å². The summed E-state index contributed by atoms with van der Waals surface area (Å²) >= 11 is 0. The topological polar surface area (TPSA) is 72.9 Å². The van der Waals surface area contributed by atoms with E-state index >= 15 is 0 Å². The van der Waals surface area contributed by atoms with Crippen molar-refractivity contribution < 1.29 is 19.4 Å². The second-order valence-corrected chi connectivity index (χ2v) is 8.06. The Bertz CT molecular complexity index is 706. The van der Waals surface area contributed by atoms with Crippen molar-refractivity contribution in [1.29, 1.82) is 0 Å². The second-order valence-electron chi connectivity index (χ2n) is 8.06. The average molecular weight is 371 g/mol. The van der Waals surface area contributed by atoms with Crippen molar-refractivity contribution in [2.45, 2.75) is 25.7 Å². The number of methoxy groups -OCH3 is 1. The summed E-state index contributed by atoms with van der Waals surface area (Å²) in [6.45, 7) is 2.75. The number of benzene rings is 1. The summed E-state index contributed by atoms with van der Waals surface area (Å²) in [5, 5.41) is 11.7. The van der Waals surface area contributed by atoms with Crippen LogP contribution in [-0.4, -0.2) is 50.1 Å². The maximum atomic E-state index is 13.2. The third-order valence-electron chi connectivity index (χ3n) is 6.79. The molecule has 1 saturated heterocycles. The first-order chi connectivity index (χ1) is 13.1. The van der Waals surface area contributed by atoms with E-state index in [1.807, 2.05) is 29.2 Å². The Balaban J connectivity index is 1.43. The van der Waals surface area contributed by atoms with Crippen LogP contribution < -0.4 is 14.7 Å². The van der Waals surface area contributed by atoms with Gasteiger partial charge in [-0.2, -0.15) is 0 Å². The first-order valence-electron chi connectivity index (χ1n) is 9.97. The standard InChI is InChI=1S/C21H28N2O4/c1-27-17-4-2-3-16(13-17)22-9-11-23(12-10-22)20(24)18-14-5-7-15(8-6-14)19(18)21(25)26/h2-4,13-15,18-19H,5-12H2,1H3,(H,25,26)/p-1/t14?,15?,18-,19-/m1/s1. The average Bonchev–Trinajstić information content (AvgIpc) is 2.73. The Kier molecular flexibility index (Phi) is 4.98. The minimum Gasteiger partial charge on any atom is -0.550 e. The van der Waals surface area contributed by atoms with Crippen LogP contribution in [-0.2, 0) is 9.59 Å². The first-order valence-corrected chi connectivity index (χ1v) is 9.97. The Morgan fingerprint density at radius 3 is 2.22 bits per heavy atom. The predicted octanol–water partition coefficient (Wildman–Crippen LogP) is 1.15. The summed E-state index contributed by atoms with van der Waals surface area (Å²) in [5.74, 6) is -0.830. The maximum Gasteiger partial charge on any atom is 0.226 e. The molecule has 1 aliphatic heterocycles. The van der Waals surface area contributed by atoms with Crippen LogP contribution in [0.25, 0.3) is 0 Å². The van der Waals surface area contributed by atoms with Gasteiger partial charge in [-0.3, -0.25) is 4.79 Å². The molecule has 1 amide bonds. The molecule has 146 valence electrons. The van der Waals surface area contributed by atoms with E-state index < -0.39 is 11.9 Å². The van der Waals surface area contributed by atoms with Crippen molar-refractivity contribution in [3.05, 3.63) is 24.3 Å². The number of piperazine rings is 1. The van der Waals surface area contributed by atoms with Gasteiger partial charge in [0.25, 0.3) is 0 Å². The van der Waals surface area contributed by atoms with Gasteiger partial charge in [-0.1, -0.05) is 6.07 Å². The van der Waals surface area contributed by atoms with Gasteiger partial charge in [-0.05, 0) is 49.7 Å². The Morgan fingerprint density at radius 2 is 1.63 bits per heavy atom. The van der Waals surface area contributed by atoms with Crippen LogP contribution in [0.2, 0.25) is 0 Å². The highest BCUT2D eigenvalue weighted by molar-refractivity contribution is 5.85. The maximum absolute atomic E-state index is 13.2. The molecule has 6 heteroatoms. The molecular weight excluding hydrogens is 344 g/mol. The lowest BCUT2D eigenvalue weighted by atomic mass is 9.58. The molecule has 0 spiro atoms. The van der Waals surface area contributed by atoms with E-state index in [1.54, 1.807) is 7.11 Å². The molecular formula is C21H27N2O4-. The molecule has 2 bridgehead atoms. The van der Waals surface area contributed by atoms with E-state index in [4.69, 9.17) is 4.74 Å². The number of fused-ring (bicyclic) bond motifs is 3. The third kappa shape index (κ3) is 3.37. The summed E-state index contributed by atoms with van der Waals surface area (Å²) in [6.07, 6.45) is 3.82. The van der Waals surface area contributed by atoms with Gasteiger partial charge in [0.15, 0.2) is 0 Å². The van der Waals surface area contributed by atoms with Gasteiger partial charge < -0.3 is 24.4 Å². The van der Waals surface area contributed by atoms with Gasteiger partial charge in [0, 0.05) is 55.7 Å². The molecule has 1 heterocycles. The Labute approximate surface area is 160 Å². The number of carboxylic acid groups (broad SMARTS) is 1. The van der Waals surface area contributed by atoms with Crippen molar-refractivity contribution in [2.24, 2.45) is 23.7 Å². The Morgan fingerprint density at radius 1 is 1.00 bits per heavy atom. The number of amides is 1. The lowest BCUT2D eigenvalue weighted by Crippen LogP contribution is -2.57. The zero-order valence-corrected chi connectivity index (χ0v) is 15.8. The van der Waals surface area contributed by atoms with Crippen molar-refractivity contribution in [3.8, 4) is 5.75 Å². The number of nitrogens with zero attached hydrogens (tertiary/aromatic N) is 2. The number of carbonyl (C=O) groups is 2. The first kappa shape index (κ1) is 18.1. The lowest BCUT2D eigenvalue weighted by molar-refractivity contribution is -0.318. The number of anilines is 1. The molecule has 4 fully saturated rings. The summed E-state index contributed by atoms with van der Waals surface area (Å²) in [7, 11) is 1.65. The second kappa shape index (κ2) is 7.41. The highest BCUT2D eigenvalue weighted by Crippen LogP contribution is 2.49. The van der Waals surface area contributed by atoms with Crippen LogP contribution in [0.15, 0.2) is 24.3 Å². The van der Waals surface area contributed by atoms with Crippen LogP contribution in [0.4, 0.5) is 5.69 Å². The molecule has 5 rings (SSSR count). The van der Waals surface area contributed by atoms with E-state index in [-0.39, 0.29) is 23.7 Å². The summed E-state index contributed by atoms with van der Waals surface area (Å²) < 4.78 is 5.29. The molecule has 2 atom stereocenters. The van der Waals surface area contributed by atoms with E-state index in [9.17, 15) is 14.7 Å². The molecule has 6 nitrogen and oxygen atoms in total. The number of aliphatic carboxylic acids is 1. The van der Waals surface area contributed by atoms with E-state index in [0.29, 0.717) is 13.1 Å². The molecule has 0 radical (unpaired) electrons. The van der Waals surface area contributed by atoms with Gasteiger partial charge in [0.1, 0.15) is 5.75 Å². The lowest BCUT2D eigenvalue weighted by Gasteiger charge is -2.50.